The zero-order valence-corrected chi connectivity index (χ0v) is 16.3. The van der Waals surface area contributed by atoms with Crippen LogP contribution in [0.25, 0.3) is 0 Å². The van der Waals surface area contributed by atoms with E-state index in [9.17, 15) is 9.59 Å². The van der Waals surface area contributed by atoms with Gasteiger partial charge in [0.1, 0.15) is 0 Å². The molecule has 0 unspecified atom stereocenters. The summed E-state index contributed by atoms with van der Waals surface area (Å²) in [7, 11) is 3.27. The molecular weight excluding hydrogens is 364 g/mol. The van der Waals surface area contributed by atoms with Crippen LogP contribution in [0.5, 0.6) is 0 Å². The zero-order chi connectivity index (χ0) is 18.5. The Bertz CT molecular complexity index is 607. The number of hydrogen-bond acceptors (Lipinski definition) is 4. The summed E-state index contributed by atoms with van der Waals surface area (Å²) in [5.41, 5.74) is 2.20. The van der Waals surface area contributed by atoms with Crippen molar-refractivity contribution in [3.05, 3.63) is 71.8 Å². The van der Waals surface area contributed by atoms with Gasteiger partial charge in [-0.05, 0) is 11.1 Å². The second kappa shape index (κ2) is 12.4. The van der Waals surface area contributed by atoms with Gasteiger partial charge in [0.05, 0.1) is 0 Å². The fourth-order valence-electron chi connectivity index (χ4n) is 2.16. The minimum absolute atomic E-state index is 0.0579. The number of amides is 2. The van der Waals surface area contributed by atoms with Crippen molar-refractivity contribution in [2.75, 3.05) is 11.5 Å². The summed E-state index contributed by atoms with van der Waals surface area (Å²) < 4.78 is 0. The van der Waals surface area contributed by atoms with E-state index in [0.717, 1.165) is 22.6 Å². The molecule has 0 radical (unpaired) electrons. The lowest BCUT2D eigenvalue weighted by atomic mass is 10.2. The molecular formula is C20H24N2O2S2. The van der Waals surface area contributed by atoms with Crippen LogP contribution in [-0.4, -0.2) is 23.3 Å². The fourth-order valence-corrected chi connectivity index (χ4v) is 4.14. The van der Waals surface area contributed by atoms with Crippen LogP contribution in [0.1, 0.15) is 24.0 Å². The summed E-state index contributed by atoms with van der Waals surface area (Å²) >= 11 is 0. The molecule has 6 heteroatoms. The predicted molar refractivity (Wildman–Crippen MR) is 111 cm³/mol. The molecule has 0 saturated heterocycles. The molecule has 0 saturated carbocycles. The largest absolute Gasteiger partial charge is 0.352 e. The topological polar surface area (TPSA) is 58.2 Å². The van der Waals surface area contributed by atoms with Gasteiger partial charge in [-0.2, -0.15) is 0 Å². The molecule has 26 heavy (non-hydrogen) atoms. The van der Waals surface area contributed by atoms with E-state index in [1.165, 1.54) is 0 Å². The highest BCUT2D eigenvalue weighted by molar-refractivity contribution is 8.76. The van der Waals surface area contributed by atoms with Crippen LogP contribution in [-0.2, 0) is 22.7 Å². The molecule has 0 aliphatic carbocycles. The second-order valence-corrected chi connectivity index (χ2v) is 8.37. The molecule has 2 aromatic carbocycles. The summed E-state index contributed by atoms with van der Waals surface area (Å²) in [6.07, 6.45) is 0.982. The minimum Gasteiger partial charge on any atom is -0.352 e. The summed E-state index contributed by atoms with van der Waals surface area (Å²) in [5.74, 6) is 1.61. The van der Waals surface area contributed by atoms with Crippen LogP contribution in [0.15, 0.2) is 60.7 Å². The van der Waals surface area contributed by atoms with E-state index in [2.05, 4.69) is 10.6 Å². The zero-order valence-electron chi connectivity index (χ0n) is 14.6. The lowest BCUT2D eigenvalue weighted by Crippen LogP contribution is -2.23. The summed E-state index contributed by atoms with van der Waals surface area (Å²) in [5, 5.41) is 5.83. The first-order valence-electron chi connectivity index (χ1n) is 8.59. The molecule has 2 rings (SSSR count). The van der Waals surface area contributed by atoms with Crippen molar-refractivity contribution in [1.29, 1.82) is 0 Å². The summed E-state index contributed by atoms with van der Waals surface area (Å²) in [6, 6.07) is 19.7. The Balaban J connectivity index is 1.45. The second-order valence-electron chi connectivity index (χ2n) is 5.67. The summed E-state index contributed by atoms with van der Waals surface area (Å²) in [4.78, 5) is 23.6. The third-order valence-corrected chi connectivity index (χ3v) is 5.98. The van der Waals surface area contributed by atoms with Gasteiger partial charge in [-0.25, -0.2) is 0 Å². The van der Waals surface area contributed by atoms with E-state index in [1.807, 2.05) is 60.7 Å². The highest BCUT2D eigenvalue weighted by Crippen LogP contribution is 2.22. The normalized spacial score (nSPS) is 10.3. The van der Waals surface area contributed by atoms with Crippen LogP contribution < -0.4 is 10.6 Å². The molecule has 138 valence electrons. The number of nitrogens with one attached hydrogen (secondary N) is 2. The molecule has 2 amide bonds. The van der Waals surface area contributed by atoms with Gasteiger partial charge in [-0.3, -0.25) is 9.59 Å². The van der Waals surface area contributed by atoms with Gasteiger partial charge in [0.25, 0.3) is 0 Å². The molecule has 2 N–H and O–H groups in total. The number of benzene rings is 2. The Hall–Kier alpha value is -1.92. The van der Waals surface area contributed by atoms with Crippen molar-refractivity contribution >= 4 is 33.4 Å². The maximum atomic E-state index is 11.8. The Morgan fingerprint density at radius 3 is 1.42 bits per heavy atom. The van der Waals surface area contributed by atoms with Crippen LogP contribution in [0.4, 0.5) is 0 Å². The number of carbonyl (C=O) groups excluding carboxylic acids is 2. The van der Waals surface area contributed by atoms with Crippen molar-refractivity contribution < 1.29 is 9.59 Å². The van der Waals surface area contributed by atoms with Gasteiger partial charge in [-0.15, -0.1) is 0 Å². The number of rotatable bonds is 11. The molecule has 0 fully saturated rings. The lowest BCUT2D eigenvalue weighted by Gasteiger charge is -2.06. The maximum Gasteiger partial charge on any atom is 0.221 e. The third-order valence-electron chi connectivity index (χ3n) is 3.57. The molecule has 0 bridgehead atoms. The SMILES string of the molecule is O=C(CCSSCCC(=O)NCc1ccccc1)NCc1ccccc1. The average molecular weight is 389 g/mol. The maximum absolute atomic E-state index is 11.8. The van der Waals surface area contributed by atoms with Crippen LogP contribution in [0.3, 0.4) is 0 Å². The molecule has 0 aliphatic rings. The van der Waals surface area contributed by atoms with Gasteiger partial charge in [0.2, 0.25) is 11.8 Å². The van der Waals surface area contributed by atoms with Crippen molar-refractivity contribution in [1.82, 2.24) is 10.6 Å². The first-order chi connectivity index (χ1) is 12.7. The van der Waals surface area contributed by atoms with E-state index in [4.69, 9.17) is 0 Å². The lowest BCUT2D eigenvalue weighted by molar-refractivity contribution is -0.121. The van der Waals surface area contributed by atoms with Crippen molar-refractivity contribution in [3.8, 4) is 0 Å². The van der Waals surface area contributed by atoms with Gasteiger partial charge in [0.15, 0.2) is 0 Å². The quantitative estimate of drug-likeness (QED) is 0.454. The van der Waals surface area contributed by atoms with Crippen LogP contribution in [0.2, 0.25) is 0 Å². The smallest absolute Gasteiger partial charge is 0.221 e. The average Bonchev–Trinajstić information content (AvgIpc) is 2.69. The highest BCUT2D eigenvalue weighted by Gasteiger charge is 2.04. The van der Waals surface area contributed by atoms with Gasteiger partial charge >= 0.3 is 0 Å². The van der Waals surface area contributed by atoms with Crippen LogP contribution >= 0.6 is 21.6 Å². The van der Waals surface area contributed by atoms with Crippen molar-refractivity contribution in [3.63, 3.8) is 0 Å². The Morgan fingerprint density at radius 2 is 1.04 bits per heavy atom. The monoisotopic (exact) mass is 388 g/mol. The Labute approximate surface area is 162 Å². The predicted octanol–water partition coefficient (Wildman–Crippen LogP) is 3.78. The summed E-state index contributed by atoms with van der Waals surface area (Å²) in [6.45, 7) is 1.14. The van der Waals surface area contributed by atoms with Crippen LogP contribution in [0, 0.1) is 0 Å². The standard InChI is InChI=1S/C20H24N2O2S2/c23-19(21-15-17-7-3-1-4-8-17)11-13-25-26-14-12-20(24)22-16-18-9-5-2-6-10-18/h1-10H,11-16H2,(H,21,23)(H,22,24). The third kappa shape index (κ3) is 8.97. The Morgan fingerprint density at radius 1 is 0.654 bits per heavy atom. The van der Waals surface area contributed by atoms with E-state index < -0.39 is 0 Å². The first-order valence-corrected chi connectivity index (χ1v) is 11.1. The minimum atomic E-state index is 0.0579. The highest BCUT2D eigenvalue weighted by atomic mass is 33.1. The molecule has 0 heterocycles. The number of hydrogen-bond donors (Lipinski definition) is 2. The molecule has 0 spiro atoms. The Kier molecular flexibility index (Phi) is 9.75. The molecule has 4 nitrogen and oxygen atoms in total. The van der Waals surface area contributed by atoms with Crippen molar-refractivity contribution in [2.45, 2.75) is 25.9 Å². The van der Waals surface area contributed by atoms with Gasteiger partial charge in [-0.1, -0.05) is 82.3 Å². The molecule has 0 aliphatic heterocycles. The van der Waals surface area contributed by atoms with Gasteiger partial charge < -0.3 is 10.6 Å². The fraction of sp³-hybridized carbons (Fsp3) is 0.300. The van der Waals surface area contributed by atoms with E-state index >= 15 is 0 Å². The van der Waals surface area contributed by atoms with Crippen molar-refractivity contribution in [2.24, 2.45) is 0 Å². The number of carbonyl (C=O) groups is 2. The molecule has 2 aromatic rings. The van der Waals surface area contributed by atoms with E-state index in [-0.39, 0.29) is 11.8 Å². The van der Waals surface area contributed by atoms with E-state index in [1.54, 1.807) is 21.6 Å². The first kappa shape index (κ1) is 20.4. The van der Waals surface area contributed by atoms with E-state index in [0.29, 0.717) is 25.9 Å². The molecule has 0 atom stereocenters. The van der Waals surface area contributed by atoms with Gasteiger partial charge in [0, 0.05) is 37.4 Å². The molecule has 0 aromatic heterocycles.